The fraction of sp³-hybridized carbons (Fsp3) is 0.333. The van der Waals surface area contributed by atoms with Crippen molar-refractivity contribution < 1.29 is 22.7 Å². The fourth-order valence-electron chi connectivity index (χ4n) is 3.43. The molecule has 3 rings (SSSR count). The molecule has 2 aromatic carbocycles. The summed E-state index contributed by atoms with van der Waals surface area (Å²) in [4.78, 5) is 24.1. The Kier molecular flexibility index (Phi) is 8.19. The Hall–Kier alpha value is -2.97. The summed E-state index contributed by atoms with van der Waals surface area (Å²) in [5.74, 6) is -1.09. The second kappa shape index (κ2) is 11.1. The Labute approximate surface area is 189 Å². The van der Waals surface area contributed by atoms with Crippen LogP contribution >= 0.6 is 0 Å². The van der Waals surface area contributed by atoms with E-state index in [1.54, 1.807) is 34.6 Å². The van der Waals surface area contributed by atoms with Gasteiger partial charge in [0.25, 0.3) is 5.91 Å². The molecular weight excluding hydrogens is 428 g/mol. The Balaban J connectivity index is 1.52. The number of nitrogens with one attached hydrogen (secondary N) is 1. The smallest absolute Gasteiger partial charge is 0.331 e. The summed E-state index contributed by atoms with van der Waals surface area (Å²) >= 11 is 0. The van der Waals surface area contributed by atoms with Gasteiger partial charge in [0.1, 0.15) is 0 Å². The molecule has 8 heteroatoms. The lowest BCUT2D eigenvalue weighted by Gasteiger charge is -2.19. The van der Waals surface area contributed by atoms with Crippen LogP contribution in [0.15, 0.2) is 59.5 Å². The first-order valence-electron chi connectivity index (χ1n) is 10.7. The van der Waals surface area contributed by atoms with Crippen LogP contribution in [0.3, 0.4) is 0 Å². The second-order valence-electron chi connectivity index (χ2n) is 7.69. The zero-order valence-electron chi connectivity index (χ0n) is 18.1. The number of carbonyl (C=O) groups is 2. The zero-order chi connectivity index (χ0) is 23.0. The summed E-state index contributed by atoms with van der Waals surface area (Å²) in [6.45, 7) is 2.57. The molecule has 0 spiro atoms. The van der Waals surface area contributed by atoms with Gasteiger partial charge in [-0.1, -0.05) is 43.2 Å². The highest BCUT2D eigenvalue weighted by Gasteiger charge is 2.24. The van der Waals surface area contributed by atoms with Crippen molar-refractivity contribution in [2.24, 2.45) is 0 Å². The van der Waals surface area contributed by atoms with Crippen LogP contribution in [0.1, 0.15) is 36.8 Å². The van der Waals surface area contributed by atoms with Gasteiger partial charge in [-0.25, -0.2) is 13.2 Å². The van der Waals surface area contributed by atoms with E-state index >= 15 is 0 Å². The maximum Gasteiger partial charge on any atom is 0.331 e. The first kappa shape index (κ1) is 23.7. The molecule has 0 unspecified atom stereocenters. The van der Waals surface area contributed by atoms with E-state index in [1.165, 1.54) is 12.2 Å². The minimum atomic E-state index is -3.51. The van der Waals surface area contributed by atoms with Crippen molar-refractivity contribution in [3.63, 3.8) is 0 Å². The van der Waals surface area contributed by atoms with Gasteiger partial charge >= 0.3 is 5.97 Å². The number of sulfonamides is 1. The number of anilines is 1. The van der Waals surface area contributed by atoms with E-state index in [9.17, 15) is 18.0 Å². The zero-order valence-corrected chi connectivity index (χ0v) is 18.9. The molecule has 1 saturated heterocycles. The lowest BCUT2D eigenvalue weighted by molar-refractivity contribution is -0.142. The number of rotatable bonds is 7. The minimum absolute atomic E-state index is 0.243. The van der Waals surface area contributed by atoms with E-state index in [0.29, 0.717) is 24.3 Å². The van der Waals surface area contributed by atoms with Crippen LogP contribution in [0.25, 0.3) is 6.08 Å². The monoisotopic (exact) mass is 456 g/mol. The standard InChI is InChI=1S/C24H28N2O5S/c1-19-8-4-5-9-22(19)25-23(27)18-31-24(28)15-12-20-10-13-21(14-11-20)32(29,30)26-16-6-2-3-7-17-26/h4-5,8-15H,2-3,6-7,16-18H2,1H3,(H,25,27). The molecule has 1 N–H and O–H groups in total. The molecule has 1 aliphatic rings. The summed E-state index contributed by atoms with van der Waals surface area (Å²) < 4.78 is 32.1. The van der Waals surface area contributed by atoms with Gasteiger partial charge in [0.05, 0.1) is 4.90 Å². The molecule has 0 bridgehead atoms. The summed E-state index contributed by atoms with van der Waals surface area (Å²) in [6.07, 6.45) is 6.60. The van der Waals surface area contributed by atoms with E-state index in [-0.39, 0.29) is 4.90 Å². The molecule has 1 heterocycles. The predicted octanol–water partition coefficient (Wildman–Crippen LogP) is 3.75. The van der Waals surface area contributed by atoms with Crippen LogP contribution < -0.4 is 5.32 Å². The number of ether oxygens (including phenoxy) is 1. The van der Waals surface area contributed by atoms with Crippen LogP contribution in [0.5, 0.6) is 0 Å². The van der Waals surface area contributed by atoms with Crippen molar-refractivity contribution in [1.29, 1.82) is 0 Å². The topological polar surface area (TPSA) is 92.8 Å². The van der Waals surface area contributed by atoms with Crippen molar-refractivity contribution in [1.82, 2.24) is 4.31 Å². The number of hydrogen-bond acceptors (Lipinski definition) is 5. The molecule has 32 heavy (non-hydrogen) atoms. The molecule has 0 atom stereocenters. The molecule has 0 saturated carbocycles. The van der Waals surface area contributed by atoms with Crippen molar-refractivity contribution in [3.05, 3.63) is 65.7 Å². The lowest BCUT2D eigenvalue weighted by atomic mass is 10.2. The number of carbonyl (C=O) groups excluding carboxylic acids is 2. The molecule has 2 aromatic rings. The van der Waals surface area contributed by atoms with E-state index in [0.717, 1.165) is 31.2 Å². The Morgan fingerprint density at radius 3 is 2.31 bits per heavy atom. The first-order valence-corrected chi connectivity index (χ1v) is 12.1. The highest BCUT2D eigenvalue weighted by atomic mass is 32.2. The Morgan fingerprint density at radius 1 is 1.00 bits per heavy atom. The molecule has 170 valence electrons. The van der Waals surface area contributed by atoms with Crippen molar-refractivity contribution in [2.45, 2.75) is 37.5 Å². The maximum atomic E-state index is 12.8. The van der Waals surface area contributed by atoms with Gasteiger partial charge in [-0.15, -0.1) is 0 Å². The first-order chi connectivity index (χ1) is 15.4. The highest BCUT2D eigenvalue weighted by Crippen LogP contribution is 2.21. The summed E-state index contributed by atoms with van der Waals surface area (Å²) in [5, 5.41) is 2.69. The number of benzene rings is 2. The van der Waals surface area contributed by atoms with Crippen molar-refractivity contribution in [3.8, 4) is 0 Å². The van der Waals surface area contributed by atoms with E-state index in [4.69, 9.17) is 4.74 Å². The molecular formula is C24H28N2O5S. The summed E-state index contributed by atoms with van der Waals surface area (Å²) in [6, 6.07) is 13.7. The van der Waals surface area contributed by atoms with Gasteiger partial charge in [-0.2, -0.15) is 4.31 Å². The van der Waals surface area contributed by atoms with Crippen LogP contribution in [0.4, 0.5) is 5.69 Å². The third-order valence-electron chi connectivity index (χ3n) is 5.26. The van der Waals surface area contributed by atoms with Crippen molar-refractivity contribution >= 4 is 33.7 Å². The number of hydrogen-bond donors (Lipinski definition) is 1. The largest absolute Gasteiger partial charge is 0.452 e. The van der Waals surface area contributed by atoms with E-state index in [2.05, 4.69) is 5.32 Å². The molecule has 1 aliphatic heterocycles. The number of nitrogens with zero attached hydrogens (tertiary/aromatic N) is 1. The second-order valence-corrected chi connectivity index (χ2v) is 9.63. The minimum Gasteiger partial charge on any atom is -0.452 e. The highest BCUT2D eigenvalue weighted by molar-refractivity contribution is 7.89. The van der Waals surface area contributed by atoms with Gasteiger partial charge in [-0.05, 0) is 55.2 Å². The third kappa shape index (κ3) is 6.51. The molecule has 0 aliphatic carbocycles. The van der Waals surface area contributed by atoms with Gasteiger partial charge in [-0.3, -0.25) is 4.79 Å². The fourth-order valence-corrected chi connectivity index (χ4v) is 4.95. The van der Waals surface area contributed by atoms with Crippen LogP contribution in [0, 0.1) is 6.92 Å². The SMILES string of the molecule is Cc1ccccc1NC(=O)COC(=O)C=Cc1ccc(S(=O)(=O)N2CCCCCC2)cc1. The Bertz CT molecular complexity index is 1070. The van der Waals surface area contributed by atoms with Crippen LogP contribution in [0.2, 0.25) is 0 Å². The number of amides is 1. The Morgan fingerprint density at radius 2 is 1.66 bits per heavy atom. The number of aryl methyl sites for hydroxylation is 1. The van der Waals surface area contributed by atoms with Crippen LogP contribution in [-0.4, -0.2) is 44.3 Å². The molecule has 0 aromatic heterocycles. The lowest BCUT2D eigenvalue weighted by Crippen LogP contribution is -2.31. The van der Waals surface area contributed by atoms with Gasteiger partial charge in [0, 0.05) is 24.9 Å². The number of esters is 1. The van der Waals surface area contributed by atoms with E-state index < -0.39 is 28.5 Å². The maximum absolute atomic E-state index is 12.8. The normalized spacial score (nSPS) is 15.3. The number of para-hydroxylation sites is 1. The third-order valence-corrected chi connectivity index (χ3v) is 7.17. The molecule has 1 fully saturated rings. The molecule has 1 amide bonds. The van der Waals surface area contributed by atoms with Gasteiger partial charge < -0.3 is 10.1 Å². The quantitative estimate of drug-likeness (QED) is 0.506. The van der Waals surface area contributed by atoms with Crippen molar-refractivity contribution in [2.75, 3.05) is 25.0 Å². The molecule has 0 radical (unpaired) electrons. The van der Waals surface area contributed by atoms with Gasteiger partial charge in [0.15, 0.2) is 6.61 Å². The summed E-state index contributed by atoms with van der Waals surface area (Å²) in [7, 11) is -3.51. The van der Waals surface area contributed by atoms with E-state index in [1.807, 2.05) is 25.1 Å². The van der Waals surface area contributed by atoms with Crippen LogP contribution in [-0.2, 0) is 24.3 Å². The molecule has 7 nitrogen and oxygen atoms in total. The average Bonchev–Trinajstić information content (AvgIpc) is 3.08. The average molecular weight is 457 g/mol. The summed E-state index contributed by atoms with van der Waals surface area (Å²) in [5.41, 5.74) is 2.23. The van der Waals surface area contributed by atoms with Gasteiger partial charge in [0.2, 0.25) is 10.0 Å². The predicted molar refractivity (Wildman–Crippen MR) is 123 cm³/mol.